The van der Waals surface area contributed by atoms with Crippen LogP contribution >= 0.6 is 22.7 Å². The summed E-state index contributed by atoms with van der Waals surface area (Å²) in [5.74, 6) is 0.695. The Morgan fingerprint density at radius 1 is 1.04 bits per heavy atom. The van der Waals surface area contributed by atoms with Gasteiger partial charge in [-0.2, -0.15) is 0 Å². The monoisotopic (exact) mass is 352 g/mol. The third-order valence-electron chi connectivity index (χ3n) is 3.27. The highest BCUT2D eigenvalue weighted by Gasteiger charge is 2.07. The maximum atomic E-state index is 4.65. The molecule has 0 aliphatic carbocycles. The van der Waals surface area contributed by atoms with Crippen LogP contribution in [-0.4, -0.2) is 47.0 Å². The molecule has 0 aromatic carbocycles. The van der Waals surface area contributed by atoms with Crippen molar-refractivity contribution < 1.29 is 0 Å². The first-order valence-corrected chi connectivity index (χ1v) is 9.51. The summed E-state index contributed by atoms with van der Waals surface area (Å²) in [5.41, 5.74) is 2.01. The molecule has 6 nitrogen and oxygen atoms in total. The Balaban J connectivity index is 2.03. The summed E-state index contributed by atoms with van der Waals surface area (Å²) in [6, 6.07) is 0. The van der Waals surface area contributed by atoms with Gasteiger partial charge in [0.05, 0.1) is 17.9 Å². The number of aliphatic imine (C=N–C) groups is 1. The third kappa shape index (κ3) is 5.89. The Labute approximate surface area is 145 Å². The van der Waals surface area contributed by atoms with Crippen LogP contribution in [-0.2, 0) is 0 Å². The fraction of sp³-hybridized carbons (Fsp3) is 0.533. The first kappa shape index (κ1) is 17.8. The van der Waals surface area contributed by atoms with Crippen molar-refractivity contribution in [3.63, 3.8) is 0 Å². The molecule has 2 heterocycles. The maximum absolute atomic E-state index is 4.65. The van der Waals surface area contributed by atoms with Crippen molar-refractivity contribution in [2.75, 3.05) is 36.8 Å². The summed E-state index contributed by atoms with van der Waals surface area (Å²) >= 11 is 3.14. The molecule has 0 fully saturated rings. The quantitative estimate of drug-likeness (QED) is 0.590. The Morgan fingerprint density at radius 3 is 1.96 bits per heavy atom. The molecule has 126 valence electrons. The lowest BCUT2D eigenvalue weighted by molar-refractivity contribution is 0.313. The van der Waals surface area contributed by atoms with Crippen LogP contribution in [0.3, 0.4) is 0 Å². The summed E-state index contributed by atoms with van der Waals surface area (Å²) in [5, 5.41) is 12.2. The van der Waals surface area contributed by atoms with E-state index in [0.29, 0.717) is 5.96 Å². The highest BCUT2D eigenvalue weighted by atomic mass is 32.1. The minimum Gasteiger partial charge on any atom is -0.302 e. The van der Waals surface area contributed by atoms with Gasteiger partial charge in [-0.25, -0.2) is 9.97 Å². The molecule has 2 aromatic heterocycles. The standard InChI is InChI=1S/C15H24N6S2/c1-5-21(6-2)8-7-16-13(19-14-17-11(3)9-22-14)20-15-18-12(4)10-23-15/h9-10H,5-8H2,1-4H3,(H2,16,17,18,19,20). The Hall–Kier alpha value is -1.51. The Kier molecular flexibility index (Phi) is 6.94. The lowest BCUT2D eigenvalue weighted by atomic mass is 10.5. The zero-order valence-electron chi connectivity index (χ0n) is 14.1. The molecular formula is C15H24N6S2. The van der Waals surface area contributed by atoms with Gasteiger partial charge < -0.3 is 15.5 Å². The smallest absolute Gasteiger partial charge is 0.204 e. The van der Waals surface area contributed by atoms with Gasteiger partial charge in [0.15, 0.2) is 10.3 Å². The van der Waals surface area contributed by atoms with Crippen molar-refractivity contribution in [1.82, 2.24) is 14.9 Å². The molecule has 8 heteroatoms. The number of thiazole rings is 2. The lowest BCUT2D eigenvalue weighted by Gasteiger charge is -2.16. The molecule has 2 aromatic rings. The van der Waals surface area contributed by atoms with Crippen molar-refractivity contribution in [3.05, 3.63) is 22.1 Å². The van der Waals surface area contributed by atoms with Gasteiger partial charge in [-0.3, -0.25) is 4.99 Å². The summed E-state index contributed by atoms with van der Waals surface area (Å²) in [7, 11) is 0. The third-order valence-corrected chi connectivity index (χ3v) is 5.02. The summed E-state index contributed by atoms with van der Waals surface area (Å²) < 4.78 is 0. The fourth-order valence-electron chi connectivity index (χ4n) is 1.98. The molecule has 0 saturated carbocycles. The van der Waals surface area contributed by atoms with Gasteiger partial charge in [0, 0.05) is 17.3 Å². The molecule has 0 aliphatic heterocycles. The second kappa shape index (κ2) is 8.95. The number of hydrogen-bond acceptors (Lipinski definition) is 6. The van der Waals surface area contributed by atoms with Crippen LogP contribution in [0.4, 0.5) is 10.3 Å². The number of rotatable bonds is 7. The summed E-state index contributed by atoms with van der Waals surface area (Å²) in [6.07, 6.45) is 0. The minimum absolute atomic E-state index is 0.695. The van der Waals surface area contributed by atoms with Crippen molar-refractivity contribution in [2.45, 2.75) is 27.7 Å². The number of nitrogens with zero attached hydrogens (tertiary/aromatic N) is 4. The Bertz CT molecular complexity index is 585. The number of likely N-dealkylation sites (N-methyl/N-ethyl adjacent to an activating group) is 1. The molecule has 2 N–H and O–H groups in total. The van der Waals surface area contributed by atoms with Crippen molar-refractivity contribution >= 4 is 38.9 Å². The second-order valence-corrected chi connectivity index (χ2v) is 6.81. The SMILES string of the molecule is CCN(CC)CCN=C(Nc1nc(C)cs1)Nc1nc(C)cs1. The number of aromatic nitrogens is 2. The van der Waals surface area contributed by atoms with Crippen LogP contribution in [0.25, 0.3) is 0 Å². The van der Waals surface area contributed by atoms with Gasteiger partial charge in [0.25, 0.3) is 0 Å². The molecule has 0 atom stereocenters. The molecule has 0 saturated heterocycles. The molecule has 0 spiro atoms. The number of guanidine groups is 1. The van der Waals surface area contributed by atoms with Gasteiger partial charge in [-0.1, -0.05) is 13.8 Å². The second-order valence-electron chi connectivity index (χ2n) is 5.10. The van der Waals surface area contributed by atoms with Crippen molar-refractivity contribution in [2.24, 2.45) is 4.99 Å². The van der Waals surface area contributed by atoms with Gasteiger partial charge in [0.2, 0.25) is 5.96 Å². The molecular weight excluding hydrogens is 328 g/mol. The van der Waals surface area contributed by atoms with Gasteiger partial charge in [-0.15, -0.1) is 22.7 Å². The van der Waals surface area contributed by atoms with Crippen LogP contribution in [0.2, 0.25) is 0 Å². The highest BCUT2D eigenvalue weighted by molar-refractivity contribution is 7.14. The van der Waals surface area contributed by atoms with Crippen LogP contribution in [0.15, 0.2) is 15.8 Å². The first-order chi connectivity index (χ1) is 11.1. The topological polar surface area (TPSA) is 65.4 Å². The van der Waals surface area contributed by atoms with E-state index in [1.54, 1.807) is 22.7 Å². The van der Waals surface area contributed by atoms with E-state index in [4.69, 9.17) is 0 Å². The Morgan fingerprint density at radius 2 is 1.57 bits per heavy atom. The number of anilines is 2. The summed E-state index contributed by atoms with van der Waals surface area (Å²) in [6.45, 7) is 12.0. The van der Waals surface area contributed by atoms with E-state index >= 15 is 0 Å². The van der Waals surface area contributed by atoms with Gasteiger partial charge in [0.1, 0.15) is 0 Å². The van der Waals surface area contributed by atoms with Crippen LogP contribution in [0, 0.1) is 13.8 Å². The molecule has 23 heavy (non-hydrogen) atoms. The molecule has 0 radical (unpaired) electrons. The first-order valence-electron chi connectivity index (χ1n) is 7.75. The van der Waals surface area contributed by atoms with Crippen LogP contribution in [0.5, 0.6) is 0 Å². The lowest BCUT2D eigenvalue weighted by Crippen LogP contribution is -2.28. The largest absolute Gasteiger partial charge is 0.302 e. The maximum Gasteiger partial charge on any atom is 0.204 e. The minimum atomic E-state index is 0.695. The van der Waals surface area contributed by atoms with E-state index in [1.807, 2.05) is 24.6 Å². The number of hydrogen-bond donors (Lipinski definition) is 2. The molecule has 2 rings (SSSR count). The van der Waals surface area contributed by atoms with Crippen molar-refractivity contribution in [3.8, 4) is 0 Å². The molecule has 0 aliphatic rings. The molecule has 0 bridgehead atoms. The predicted octanol–water partition coefficient (Wildman–Crippen LogP) is 3.44. The van der Waals surface area contributed by atoms with E-state index < -0.39 is 0 Å². The van der Waals surface area contributed by atoms with Gasteiger partial charge in [-0.05, 0) is 26.9 Å². The fourth-order valence-corrected chi connectivity index (χ4v) is 3.35. The van der Waals surface area contributed by atoms with E-state index in [0.717, 1.165) is 47.8 Å². The predicted molar refractivity (Wildman–Crippen MR) is 101 cm³/mol. The zero-order valence-corrected chi connectivity index (χ0v) is 15.7. The highest BCUT2D eigenvalue weighted by Crippen LogP contribution is 2.17. The number of nitrogens with one attached hydrogen (secondary N) is 2. The van der Waals surface area contributed by atoms with E-state index in [-0.39, 0.29) is 0 Å². The molecule has 0 amide bonds. The van der Waals surface area contributed by atoms with Crippen LogP contribution < -0.4 is 10.6 Å². The average molecular weight is 353 g/mol. The van der Waals surface area contributed by atoms with E-state index in [1.165, 1.54) is 0 Å². The zero-order chi connectivity index (χ0) is 16.7. The molecule has 0 unspecified atom stereocenters. The van der Waals surface area contributed by atoms with Crippen molar-refractivity contribution in [1.29, 1.82) is 0 Å². The average Bonchev–Trinajstić information content (AvgIpc) is 3.12. The number of aryl methyl sites for hydroxylation is 2. The van der Waals surface area contributed by atoms with Gasteiger partial charge >= 0.3 is 0 Å². The summed E-state index contributed by atoms with van der Waals surface area (Å²) in [4.78, 5) is 15.9. The van der Waals surface area contributed by atoms with E-state index in [9.17, 15) is 0 Å². The van der Waals surface area contributed by atoms with E-state index in [2.05, 4.69) is 44.3 Å². The normalized spacial score (nSPS) is 10.8. The van der Waals surface area contributed by atoms with Crippen LogP contribution in [0.1, 0.15) is 25.2 Å².